The van der Waals surface area contributed by atoms with Crippen molar-refractivity contribution in [3.63, 3.8) is 0 Å². The van der Waals surface area contributed by atoms with E-state index in [0.717, 1.165) is 12.3 Å². The van der Waals surface area contributed by atoms with Gasteiger partial charge in [-0.15, -0.1) is 0 Å². The van der Waals surface area contributed by atoms with E-state index in [-0.39, 0.29) is 5.69 Å². The van der Waals surface area contributed by atoms with Gasteiger partial charge in [-0.1, -0.05) is 0 Å². The number of hydrogen-bond donors (Lipinski definition) is 3. The number of sulfonamides is 1. The van der Waals surface area contributed by atoms with Crippen molar-refractivity contribution >= 4 is 16.0 Å². The van der Waals surface area contributed by atoms with Crippen LogP contribution in [0.2, 0.25) is 0 Å². The lowest BCUT2D eigenvalue weighted by atomic mass is 10.4. The lowest BCUT2D eigenvalue weighted by Crippen LogP contribution is -2.28. The average Bonchev–Trinajstić information content (AvgIpc) is 2.64. The molecule has 0 bridgehead atoms. The van der Waals surface area contributed by atoms with Crippen molar-refractivity contribution in [3.8, 4) is 0 Å². The highest BCUT2D eigenvalue weighted by atomic mass is 32.2. The number of carboxylic acids is 1. The molecule has 0 saturated carbocycles. The van der Waals surface area contributed by atoms with Gasteiger partial charge >= 0.3 is 5.97 Å². The monoisotopic (exact) mass is 254 g/mol. The Hall–Kier alpha value is -1.48. The number of aromatic nitrogens is 1. The highest BCUT2D eigenvalue weighted by Gasteiger charge is 2.19. The molecule has 0 spiro atoms. The minimum atomic E-state index is -4.09. The molecule has 0 aliphatic rings. The summed E-state index contributed by atoms with van der Waals surface area (Å²) in [4.78, 5) is 12.2. The number of alkyl halides is 2. The van der Waals surface area contributed by atoms with Crippen molar-refractivity contribution in [2.24, 2.45) is 0 Å². The second-order valence-electron chi connectivity index (χ2n) is 2.80. The first-order chi connectivity index (χ1) is 7.33. The van der Waals surface area contributed by atoms with Crippen molar-refractivity contribution in [1.82, 2.24) is 9.71 Å². The summed E-state index contributed by atoms with van der Waals surface area (Å²) in [5.74, 6) is -1.34. The number of hydrogen-bond acceptors (Lipinski definition) is 3. The van der Waals surface area contributed by atoms with E-state index in [1.54, 1.807) is 4.72 Å². The van der Waals surface area contributed by atoms with Crippen molar-refractivity contribution in [1.29, 1.82) is 0 Å². The summed E-state index contributed by atoms with van der Waals surface area (Å²) in [5, 5.41) is 8.52. The minimum Gasteiger partial charge on any atom is -0.477 e. The van der Waals surface area contributed by atoms with Crippen LogP contribution in [0.1, 0.15) is 10.5 Å². The molecule has 0 fully saturated rings. The second kappa shape index (κ2) is 4.58. The van der Waals surface area contributed by atoms with Crippen molar-refractivity contribution in [2.75, 3.05) is 6.54 Å². The fourth-order valence-corrected chi connectivity index (χ4v) is 1.91. The molecule has 1 rings (SSSR count). The highest BCUT2D eigenvalue weighted by molar-refractivity contribution is 7.89. The molecule has 1 heterocycles. The molecule has 0 amide bonds. The predicted octanol–water partition coefficient (Wildman–Crippen LogP) is 0.256. The number of carbonyl (C=O) groups is 1. The number of nitrogens with one attached hydrogen (secondary N) is 2. The summed E-state index contributed by atoms with van der Waals surface area (Å²) in [6, 6.07) is 0.843. The first kappa shape index (κ1) is 12.6. The molecule has 0 aliphatic carbocycles. The molecule has 0 unspecified atom stereocenters. The number of H-pyrrole nitrogens is 1. The maximum absolute atomic E-state index is 11.8. The molecule has 0 saturated heterocycles. The van der Waals surface area contributed by atoms with E-state index in [9.17, 15) is 22.0 Å². The van der Waals surface area contributed by atoms with Gasteiger partial charge in [0.15, 0.2) is 0 Å². The quantitative estimate of drug-likeness (QED) is 0.701. The second-order valence-corrected chi connectivity index (χ2v) is 4.56. The van der Waals surface area contributed by atoms with E-state index in [2.05, 4.69) is 4.98 Å². The van der Waals surface area contributed by atoms with Gasteiger partial charge in [0, 0.05) is 6.20 Å². The lowest BCUT2D eigenvalue weighted by Gasteiger charge is -2.02. The molecule has 3 N–H and O–H groups in total. The van der Waals surface area contributed by atoms with Gasteiger partial charge < -0.3 is 10.1 Å². The van der Waals surface area contributed by atoms with Crippen LogP contribution in [0, 0.1) is 0 Å². The number of rotatable bonds is 5. The standard InChI is InChI=1S/C7H8F2N2O4S/c8-6(9)3-11-16(14,15)4-1-5(7(12)13)10-2-4/h1-2,6,10-11H,3H2,(H,12,13). The third-order valence-electron chi connectivity index (χ3n) is 1.62. The predicted molar refractivity (Wildman–Crippen MR) is 48.9 cm³/mol. The maximum atomic E-state index is 11.8. The topological polar surface area (TPSA) is 99.3 Å². The van der Waals surface area contributed by atoms with Crippen LogP contribution in [0.15, 0.2) is 17.2 Å². The zero-order valence-corrected chi connectivity index (χ0v) is 8.59. The Morgan fingerprint density at radius 1 is 1.56 bits per heavy atom. The molecular weight excluding hydrogens is 246 g/mol. The van der Waals surface area contributed by atoms with E-state index in [1.807, 2.05) is 0 Å². The first-order valence-electron chi connectivity index (χ1n) is 4.02. The van der Waals surface area contributed by atoms with Gasteiger partial charge in [0.05, 0.1) is 6.54 Å². The molecule has 90 valence electrons. The van der Waals surface area contributed by atoms with Gasteiger partial charge in [0.1, 0.15) is 10.6 Å². The molecule has 9 heteroatoms. The molecule has 0 atom stereocenters. The Morgan fingerprint density at radius 3 is 2.62 bits per heavy atom. The van der Waals surface area contributed by atoms with E-state index in [0.29, 0.717) is 0 Å². The van der Waals surface area contributed by atoms with E-state index < -0.39 is 33.9 Å². The summed E-state index contributed by atoms with van der Waals surface area (Å²) in [6.45, 7) is -1.02. The van der Waals surface area contributed by atoms with Crippen LogP contribution in [0.4, 0.5) is 8.78 Å². The zero-order valence-electron chi connectivity index (χ0n) is 7.78. The lowest BCUT2D eigenvalue weighted by molar-refractivity contribution is 0.0691. The fourth-order valence-electron chi connectivity index (χ4n) is 0.909. The summed E-state index contributed by atoms with van der Waals surface area (Å²) in [5.41, 5.74) is -0.336. The van der Waals surface area contributed by atoms with Crippen LogP contribution >= 0.6 is 0 Å². The number of aromatic carboxylic acids is 1. The van der Waals surface area contributed by atoms with Crippen LogP contribution in [0.5, 0.6) is 0 Å². The molecule has 0 aromatic carbocycles. The van der Waals surface area contributed by atoms with Gasteiger partial charge in [-0.3, -0.25) is 0 Å². The average molecular weight is 254 g/mol. The van der Waals surface area contributed by atoms with Crippen LogP contribution in [0.25, 0.3) is 0 Å². The smallest absolute Gasteiger partial charge is 0.352 e. The third kappa shape index (κ3) is 3.00. The molecule has 1 aromatic heterocycles. The van der Waals surface area contributed by atoms with Crippen LogP contribution in [-0.2, 0) is 10.0 Å². The summed E-state index contributed by atoms with van der Waals surface area (Å²) in [7, 11) is -4.09. The first-order valence-corrected chi connectivity index (χ1v) is 5.51. The minimum absolute atomic E-state index is 0.336. The van der Waals surface area contributed by atoms with Crippen molar-refractivity contribution in [3.05, 3.63) is 18.0 Å². The van der Waals surface area contributed by atoms with Crippen LogP contribution in [-0.4, -0.2) is 37.4 Å². The molecule has 0 radical (unpaired) electrons. The Balaban J connectivity index is 2.86. The van der Waals surface area contributed by atoms with Crippen LogP contribution in [0.3, 0.4) is 0 Å². The summed E-state index contributed by atoms with van der Waals surface area (Å²) >= 11 is 0. The molecule has 1 aromatic rings. The molecular formula is C7H8F2N2O4S. The van der Waals surface area contributed by atoms with Crippen LogP contribution < -0.4 is 4.72 Å². The summed E-state index contributed by atoms with van der Waals surface area (Å²) in [6.07, 6.45) is -1.90. The Morgan fingerprint density at radius 2 is 2.19 bits per heavy atom. The Labute approximate surface area is 89.3 Å². The van der Waals surface area contributed by atoms with Gasteiger partial charge in [-0.25, -0.2) is 26.7 Å². The molecule has 16 heavy (non-hydrogen) atoms. The zero-order chi connectivity index (χ0) is 12.3. The summed E-state index contributed by atoms with van der Waals surface area (Å²) < 4.78 is 47.8. The van der Waals surface area contributed by atoms with E-state index >= 15 is 0 Å². The maximum Gasteiger partial charge on any atom is 0.352 e. The molecule has 6 nitrogen and oxygen atoms in total. The Kier molecular flexibility index (Phi) is 3.60. The fraction of sp³-hybridized carbons (Fsp3) is 0.286. The third-order valence-corrected chi connectivity index (χ3v) is 3.03. The van der Waals surface area contributed by atoms with Crippen molar-refractivity contribution < 1.29 is 27.1 Å². The SMILES string of the molecule is O=C(O)c1cc(S(=O)(=O)NCC(F)F)c[nH]1. The number of halogens is 2. The van der Waals surface area contributed by atoms with Crippen molar-refractivity contribution in [2.45, 2.75) is 11.3 Å². The van der Waals surface area contributed by atoms with E-state index in [4.69, 9.17) is 5.11 Å². The largest absolute Gasteiger partial charge is 0.477 e. The van der Waals surface area contributed by atoms with E-state index in [1.165, 1.54) is 0 Å². The molecule has 0 aliphatic heterocycles. The highest BCUT2D eigenvalue weighted by Crippen LogP contribution is 2.10. The normalized spacial score (nSPS) is 11.9. The van der Waals surface area contributed by atoms with Gasteiger partial charge in [0.2, 0.25) is 10.0 Å². The Bertz CT molecular complexity index is 482. The number of carboxylic acid groups (broad SMARTS) is 1. The van der Waals surface area contributed by atoms with Gasteiger partial charge in [0.25, 0.3) is 6.43 Å². The van der Waals surface area contributed by atoms with Gasteiger partial charge in [-0.2, -0.15) is 0 Å². The number of aromatic amines is 1. The van der Waals surface area contributed by atoms with Gasteiger partial charge in [-0.05, 0) is 6.07 Å².